The first-order valence-corrected chi connectivity index (χ1v) is 7.11. The van der Waals surface area contributed by atoms with Crippen LogP contribution >= 0.6 is 11.6 Å². The summed E-state index contributed by atoms with van der Waals surface area (Å²) in [5.41, 5.74) is 0.326. The lowest BCUT2D eigenvalue weighted by atomic mass is 9.84. The van der Waals surface area contributed by atoms with Crippen LogP contribution < -0.4 is 5.32 Å². The van der Waals surface area contributed by atoms with E-state index in [1.165, 1.54) is 18.3 Å². The third-order valence-electron chi connectivity index (χ3n) is 3.66. The fourth-order valence-electron chi connectivity index (χ4n) is 2.62. The normalized spacial score (nSPS) is 17.4. The van der Waals surface area contributed by atoms with Crippen molar-refractivity contribution in [3.63, 3.8) is 0 Å². The molecule has 0 aromatic carbocycles. The molecule has 1 aliphatic carbocycles. The SMILES string of the molecule is O=C(NC(C(=O)O)C1CCCCC1)c1ccnc(Cl)c1. The van der Waals surface area contributed by atoms with Crippen LogP contribution in [0.4, 0.5) is 0 Å². The maximum Gasteiger partial charge on any atom is 0.326 e. The van der Waals surface area contributed by atoms with Crippen molar-refractivity contribution in [1.29, 1.82) is 0 Å². The molecule has 5 nitrogen and oxygen atoms in total. The van der Waals surface area contributed by atoms with Gasteiger partial charge in [0.2, 0.25) is 0 Å². The predicted molar refractivity (Wildman–Crippen MR) is 74.7 cm³/mol. The third kappa shape index (κ3) is 3.70. The molecule has 0 spiro atoms. The van der Waals surface area contributed by atoms with Gasteiger partial charge in [0.15, 0.2) is 0 Å². The average molecular weight is 297 g/mol. The van der Waals surface area contributed by atoms with E-state index in [9.17, 15) is 14.7 Å². The van der Waals surface area contributed by atoms with Gasteiger partial charge in [0.1, 0.15) is 11.2 Å². The highest BCUT2D eigenvalue weighted by Crippen LogP contribution is 2.26. The summed E-state index contributed by atoms with van der Waals surface area (Å²) in [6.07, 6.45) is 6.28. The standard InChI is InChI=1S/C14H17ClN2O3/c15-11-8-10(6-7-16-11)13(18)17-12(14(19)20)9-4-2-1-3-5-9/h6-9,12H,1-5H2,(H,17,18)(H,19,20). The van der Waals surface area contributed by atoms with E-state index in [0.29, 0.717) is 5.56 Å². The van der Waals surface area contributed by atoms with E-state index in [0.717, 1.165) is 32.1 Å². The molecular weight excluding hydrogens is 280 g/mol. The van der Waals surface area contributed by atoms with Crippen molar-refractivity contribution in [3.8, 4) is 0 Å². The molecule has 1 amide bonds. The van der Waals surface area contributed by atoms with E-state index < -0.39 is 17.9 Å². The maximum atomic E-state index is 12.1. The molecule has 1 unspecified atom stereocenters. The van der Waals surface area contributed by atoms with Crippen LogP contribution in [0.3, 0.4) is 0 Å². The van der Waals surface area contributed by atoms with Crippen molar-refractivity contribution in [1.82, 2.24) is 10.3 Å². The maximum absolute atomic E-state index is 12.1. The van der Waals surface area contributed by atoms with Crippen molar-refractivity contribution >= 4 is 23.5 Å². The number of aromatic nitrogens is 1. The van der Waals surface area contributed by atoms with Gasteiger partial charge < -0.3 is 10.4 Å². The number of carboxylic acids is 1. The topological polar surface area (TPSA) is 79.3 Å². The van der Waals surface area contributed by atoms with Gasteiger partial charge in [-0.15, -0.1) is 0 Å². The van der Waals surface area contributed by atoms with Gasteiger partial charge in [-0.2, -0.15) is 0 Å². The Bertz CT molecular complexity index is 501. The van der Waals surface area contributed by atoms with Crippen LogP contribution in [-0.4, -0.2) is 28.0 Å². The monoisotopic (exact) mass is 296 g/mol. The lowest BCUT2D eigenvalue weighted by molar-refractivity contribution is -0.141. The summed E-state index contributed by atoms with van der Waals surface area (Å²) in [6, 6.07) is 2.10. The lowest BCUT2D eigenvalue weighted by Gasteiger charge is -2.28. The predicted octanol–water partition coefficient (Wildman–Crippen LogP) is 2.50. The third-order valence-corrected chi connectivity index (χ3v) is 3.87. The summed E-state index contributed by atoms with van der Waals surface area (Å²) in [5.74, 6) is -1.40. The lowest BCUT2D eigenvalue weighted by Crippen LogP contribution is -2.46. The minimum absolute atomic E-state index is 0.00232. The number of carboxylic acid groups (broad SMARTS) is 1. The Balaban J connectivity index is 2.07. The molecular formula is C14H17ClN2O3. The molecule has 1 aromatic rings. The Morgan fingerprint density at radius 3 is 2.65 bits per heavy atom. The van der Waals surface area contributed by atoms with Crippen molar-refractivity contribution < 1.29 is 14.7 Å². The highest BCUT2D eigenvalue weighted by Gasteiger charge is 2.30. The van der Waals surface area contributed by atoms with Gasteiger partial charge >= 0.3 is 5.97 Å². The first-order valence-electron chi connectivity index (χ1n) is 6.73. The van der Waals surface area contributed by atoms with Crippen LogP contribution in [0.1, 0.15) is 42.5 Å². The Hall–Kier alpha value is -1.62. The molecule has 1 aliphatic rings. The highest BCUT2D eigenvalue weighted by molar-refractivity contribution is 6.29. The number of halogens is 1. The molecule has 1 aromatic heterocycles. The Labute approximate surface area is 122 Å². The molecule has 2 N–H and O–H groups in total. The van der Waals surface area contributed by atoms with E-state index in [2.05, 4.69) is 10.3 Å². The van der Waals surface area contributed by atoms with Crippen LogP contribution in [0.15, 0.2) is 18.3 Å². The molecule has 1 fully saturated rings. The molecule has 1 saturated carbocycles. The van der Waals surface area contributed by atoms with Crippen LogP contribution in [0, 0.1) is 5.92 Å². The second-order valence-electron chi connectivity index (χ2n) is 5.05. The van der Waals surface area contributed by atoms with Crippen molar-refractivity contribution in [2.75, 3.05) is 0 Å². The van der Waals surface area contributed by atoms with Gasteiger partial charge in [0, 0.05) is 11.8 Å². The van der Waals surface area contributed by atoms with E-state index in [1.54, 1.807) is 0 Å². The Morgan fingerprint density at radius 1 is 1.35 bits per heavy atom. The molecule has 1 atom stereocenters. The molecule has 1 heterocycles. The minimum atomic E-state index is -0.981. The second-order valence-corrected chi connectivity index (χ2v) is 5.44. The van der Waals surface area contributed by atoms with Crippen molar-refractivity contribution in [3.05, 3.63) is 29.0 Å². The van der Waals surface area contributed by atoms with E-state index in [1.807, 2.05) is 0 Å². The number of nitrogens with zero attached hydrogens (tertiary/aromatic N) is 1. The van der Waals surface area contributed by atoms with Crippen LogP contribution in [0.5, 0.6) is 0 Å². The van der Waals surface area contributed by atoms with Gasteiger partial charge in [-0.1, -0.05) is 30.9 Å². The molecule has 0 saturated heterocycles. The van der Waals surface area contributed by atoms with Crippen LogP contribution in [0.2, 0.25) is 5.15 Å². The van der Waals surface area contributed by atoms with Gasteiger partial charge in [0.25, 0.3) is 5.91 Å². The zero-order valence-corrected chi connectivity index (χ0v) is 11.8. The second kappa shape index (κ2) is 6.70. The first-order chi connectivity index (χ1) is 9.58. The van der Waals surface area contributed by atoms with E-state index in [4.69, 9.17) is 11.6 Å². The summed E-state index contributed by atoms with van der Waals surface area (Å²) in [7, 11) is 0. The number of amides is 1. The summed E-state index contributed by atoms with van der Waals surface area (Å²) in [5, 5.41) is 12.1. The fourth-order valence-corrected chi connectivity index (χ4v) is 2.79. The largest absolute Gasteiger partial charge is 0.480 e. The molecule has 0 radical (unpaired) electrons. The Kier molecular flexibility index (Phi) is 4.95. The van der Waals surface area contributed by atoms with Crippen LogP contribution in [0.25, 0.3) is 0 Å². The first kappa shape index (κ1) is 14.8. The number of carbonyl (C=O) groups is 2. The molecule has 108 valence electrons. The minimum Gasteiger partial charge on any atom is -0.480 e. The summed E-state index contributed by atoms with van der Waals surface area (Å²) in [4.78, 5) is 27.3. The number of carbonyl (C=O) groups excluding carboxylic acids is 1. The van der Waals surface area contributed by atoms with Crippen molar-refractivity contribution in [2.45, 2.75) is 38.1 Å². The quantitative estimate of drug-likeness (QED) is 0.837. The number of nitrogens with one attached hydrogen (secondary N) is 1. The summed E-state index contributed by atoms with van der Waals surface area (Å²) >= 11 is 5.73. The van der Waals surface area contributed by atoms with Crippen molar-refractivity contribution in [2.24, 2.45) is 5.92 Å². The average Bonchev–Trinajstić information content (AvgIpc) is 2.45. The molecule has 0 aliphatic heterocycles. The number of rotatable bonds is 4. The van der Waals surface area contributed by atoms with E-state index in [-0.39, 0.29) is 11.1 Å². The zero-order valence-electron chi connectivity index (χ0n) is 11.0. The van der Waals surface area contributed by atoms with Gasteiger partial charge in [-0.3, -0.25) is 4.79 Å². The van der Waals surface area contributed by atoms with Gasteiger partial charge in [-0.25, -0.2) is 9.78 Å². The number of aliphatic carboxylic acids is 1. The van der Waals surface area contributed by atoms with Crippen LogP contribution in [-0.2, 0) is 4.79 Å². The highest BCUT2D eigenvalue weighted by atomic mass is 35.5. The zero-order chi connectivity index (χ0) is 14.5. The molecule has 0 bridgehead atoms. The van der Waals surface area contributed by atoms with Gasteiger partial charge in [0.05, 0.1) is 0 Å². The summed E-state index contributed by atoms with van der Waals surface area (Å²) < 4.78 is 0. The Morgan fingerprint density at radius 2 is 2.05 bits per heavy atom. The van der Waals surface area contributed by atoms with Gasteiger partial charge in [-0.05, 0) is 30.9 Å². The summed E-state index contributed by atoms with van der Waals surface area (Å²) in [6.45, 7) is 0. The molecule has 20 heavy (non-hydrogen) atoms. The fraction of sp³-hybridized carbons (Fsp3) is 0.500. The molecule has 2 rings (SSSR count). The number of hydrogen-bond acceptors (Lipinski definition) is 3. The number of pyridine rings is 1. The smallest absolute Gasteiger partial charge is 0.326 e. The molecule has 6 heteroatoms. The van der Waals surface area contributed by atoms with E-state index >= 15 is 0 Å². The number of hydrogen-bond donors (Lipinski definition) is 2.